The van der Waals surface area contributed by atoms with Gasteiger partial charge in [-0.25, -0.2) is 0 Å². The van der Waals surface area contributed by atoms with E-state index in [0.717, 1.165) is 17.1 Å². The van der Waals surface area contributed by atoms with Crippen LogP contribution in [0.1, 0.15) is 22.3 Å². The quantitative estimate of drug-likeness (QED) is 0.147. The first-order chi connectivity index (χ1) is 34.7. The van der Waals surface area contributed by atoms with Gasteiger partial charge in [-0.2, -0.15) is 0 Å². The molecule has 11 aromatic carbocycles. The highest BCUT2D eigenvalue weighted by atomic mass is 32.1. The topological polar surface area (TPSA) is 3.24 Å². The maximum absolute atomic E-state index is 2.43. The molecule has 328 valence electrons. The molecule has 0 unspecified atom stereocenters. The van der Waals surface area contributed by atoms with Crippen LogP contribution >= 0.6 is 22.7 Å². The minimum Gasteiger partial charge on any atom is -0.310 e. The van der Waals surface area contributed by atoms with Crippen molar-refractivity contribution in [2.24, 2.45) is 0 Å². The van der Waals surface area contributed by atoms with Gasteiger partial charge in [0.2, 0.25) is 0 Å². The summed E-state index contributed by atoms with van der Waals surface area (Å²) in [7, 11) is 0. The molecule has 0 aliphatic heterocycles. The molecule has 1 nitrogen and oxygen atoms in total. The molecule has 2 aromatic heterocycles. The first-order valence-corrected chi connectivity index (χ1v) is 25.6. The van der Waals surface area contributed by atoms with Crippen molar-refractivity contribution in [3.63, 3.8) is 0 Å². The number of anilines is 3. The van der Waals surface area contributed by atoms with Crippen LogP contribution < -0.4 is 4.90 Å². The Kier molecular flexibility index (Phi) is 9.55. The number of hydrogen-bond donors (Lipinski definition) is 0. The third-order valence-corrected chi connectivity index (χ3v) is 16.9. The number of benzene rings is 11. The van der Waals surface area contributed by atoms with Crippen LogP contribution in [0.4, 0.5) is 17.1 Å². The van der Waals surface area contributed by atoms with E-state index >= 15 is 0 Å². The second kappa shape index (κ2) is 16.4. The normalized spacial score (nSPS) is 12.7. The molecule has 0 fully saturated rings. The minimum atomic E-state index is -0.467. The molecule has 70 heavy (non-hydrogen) atoms. The van der Waals surface area contributed by atoms with Gasteiger partial charge in [-0.3, -0.25) is 0 Å². The van der Waals surface area contributed by atoms with Crippen molar-refractivity contribution in [1.82, 2.24) is 0 Å². The molecule has 0 saturated heterocycles. The van der Waals surface area contributed by atoms with Crippen molar-refractivity contribution in [2.75, 3.05) is 4.90 Å². The Morgan fingerprint density at radius 2 is 0.771 bits per heavy atom. The SMILES string of the molecule is c1ccc(C2(c3ccccc3)c3ccccc3-c3cc(N(c4ccc(-c5cccc(-c6ccc7sc8ccccc8c7c6)c5)cc4)c4ccc(-c5cccc6sc7ccccc7c56)cc4)ccc32)cc1. The molecule has 1 aliphatic rings. The summed E-state index contributed by atoms with van der Waals surface area (Å²) in [5, 5.41) is 5.28. The highest BCUT2D eigenvalue weighted by Crippen LogP contribution is 2.57. The van der Waals surface area contributed by atoms with Gasteiger partial charge in [0.05, 0.1) is 5.41 Å². The zero-order valence-corrected chi connectivity index (χ0v) is 39.7. The maximum Gasteiger partial charge on any atom is 0.0713 e. The van der Waals surface area contributed by atoms with Crippen molar-refractivity contribution in [1.29, 1.82) is 0 Å². The van der Waals surface area contributed by atoms with Crippen molar-refractivity contribution in [3.8, 4) is 44.5 Å². The fourth-order valence-electron chi connectivity index (χ4n) is 11.4. The summed E-state index contributed by atoms with van der Waals surface area (Å²) >= 11 is 3.73. The van der Waals surface area contributed by atoms with E-state index in [1.807, 2.05) is 22.7 Å². The van der Waals surface area contributed by atoms with Crippen molar-refractivity contribution in [2.45, 2.75) is 5.41 Å². The summed E-state index contributed by atoms with van der Waals surface area (Å²) in [6.45, 7) is 0. The average Bonchev–Trinajstić information content (AvgIpc) is 4.10. The third kappa shape index (κ3) is 6.43. The standard InChI is InChI=1S/C67H43NS2/c1-3-17-49(18-4-1)67(50-19-5-2-6-20-50)60-25-10-7-21-55(60)58-43-53(38-39-61(58)67)68(52-36-31-45(32-37-52)54-24-14-28-65-66(54)57-23-9-12-27-63(57)70-65)51-34-29-44(30-35-51)46-15-13-16-47(41-46)48-33-40-64-59(42-48)56-22-8-11-26-62(56)69-64/h1-43H. The highest BCUT2D eigenvalue weighted by Gasteiger charge is 2.46. The molecule has 0 N–H and O–H groups in total. The van der Waals surface area contributed by atoms with Crippen molar-refractivity contribution < 1.29 is 0 Å². The van der Waals surface area contributed by atoms with E-state index in [9.17, 15) is 0 Å². The lowest BCUT2D eigenvalue weighted by Crippen LogP contribution is -2.28. The van der Waals surface area contributed by atoms with E-state index in [2.05, 4.69) is 266 Å². The second-order valence-corrected chi connectivity index (χ2v) is 20.5. The second-order valence-electron chi connectivity index (χ2n) is 18.4. The van der Waals surface area contributed by atoms with Crippen LogP contribution in [0.15, 0.2) is 261 Å². The van der Waals surface area contributed by atoms with Gasteiger partial charge in [0, 0.05) is 57.4 Å². The predicted molar refractivity (Wildman–Crippen MR) is 301 cm³/mol. The zero-order valence-electron chi connectivity index (χ0n) is 38.1. The smallest absolute Gasteiger partial charge is 0.0713 e. The van der Waals surface area contributed by atoms with Gasteiger partial charge in [0.25, 0.3) is 0 Å². The number of nitrogens with zero attached hydrogens (tertiary/aromatic N) is 1. The Morgan fingerprint density at radius 3 is 1.51 bits per heavy atom. The molecular formula is C67H43NS2. The van der Waals surface area contributed by atoms with E-state index in [4.69, 9.17) is 0 Å². The Hall–Kier alpha value is -8.34. The molecule has 0 bridgehead atoms. The van der Waals surface area contributed by atoms with Crippen molar-refractivity contribution in [3.05, 3.63) is 283 Å². The van der Waals surface area contributed by atoms with E-state index in [0.29, 0.717) is 0 Å². The van der Waals surface area contributed by atoms with E-state index in [-0.39, 0.29) is 0 Å². The molecule has 1 aliphatic carbocycles. The Morgan fingerprint density at radius 1 is 0.271 bits per heavy atom. The third-order valence-electron chi connectivity index (χ3n) is 14.6. The van der Waals surface area contributed by atoms with Crippen LogP contribution in [0, 0.1) is 0 Å². The van der Waals surface area contributed by atoms with Crippen LogP contribution in [0.3, 0.4) is 0 Å². The van der Waals surface area contributed by atoms with Crippen LogP contribution in [-0.4, -0.2) is 0 Å². The lowest BCUT2D eigenvalue weighted by atomic mass is 9.68. The van der Waals surface area contributed by atoms with E-state index in [1.54, 1.807) is 0 Å². The summed E-state index contributed by atoms with van der Waals surface area (Å²) in [5.41, 5.74) is 17.8. The molecule has 2 heterocycles. The molecule has 13 aromatic rings. The van der Waals surface area contributed by atoms with Crippen molar-refractivity contribution >= 4 is 80.1 Å². The first kappa shape index (κ1) is 40.7. The molecule has 0 amide bonds. The van der Waals surface area contributed by atoms with Gasteiger partial charge < -0.3 is 4.90 Å². The zero-order chi connectivity index (χ0) is 46.2. The van der Waals surface area contributed by atoms with Gasteiger partial charge in [0.15, 0.2) is 0 Å². The molecule has 14 rings (SSSR count). The lowest BCUT2D eigenvalue weighted by molar-refractivity contribution is 0.768. The lowest BCUT2D eigenvalue weighted by Gasteiger charge is -2.34. The van der Waals surface area contributed by atoms with Gasteiger partial charge in [-0.15, -0.1) is 22.7 Å². The van der Waals surface area contributed by atoms with Gasteiger partial charge in [0.1, 0.15) is 0 Å². The fraction of sp³-hybridized carbons (Fsp3) is 0.0149. The maximum atomic E-state index is 2.43. The van der Waals surface area contributed by atoms with Crippen LogP contribution in [0.2, 0.25) is 0 Å². The van der Waals surface area contributed by atoms with Crippen LogP contribution in [-0.2, 0) is 5.41 Å². The first-order valence-electron chi connectivity index (χ1n) is 24.0. The highest BCUT2D eigenvalue weighted by molar-refractivity contribution is 7.26. The number of hydrogen-bond acceptors (Lipinski definition) is 3. The minimum absolute atomic E-state index is 0.467. The largest absolute Gasteiger partial charge is 0.310 e. The van der Waals surface area contributed by atoms with Gasteiger partial charge >= 0.3 is 0 Å². The predicted octanol–water partition coefficient (Wildman–Crippen LogP) is 19.3. The summed E-state index contributed by atoms with van der Waals surface area (Å²) in [5.74, 6) is 0. The number of rotatable bonds is 8. The van der Waals surface area contributed by atoms with Crippen LogP contribution in [0.5, 0.6) is 0 Å². The van der Waals surface area contributed by atoms with Gasteiger partial charge in [-0.1, -0.05) is 188 Å². The summed E-state index contributed by atoms with van der Waals surface area (Å²) in [6, 6.07) is 96.8. The fourth-order valence-corrected chi connectivity index (χ4v) is 13.6. The molecule has 0 spiro atoms. The monoisotopic (exact) mass is 925 g/mol. The summed E-state index contributed by atoms with van der Waals surface area (Å²) < 4.78 is 5.28. The van der Waals surface area contributed by atoms with Gasteiger partial charge in [-0.05, 0) is 140 Å². The van der Waals surface area contributed by atoms with E-state index < -0.39 is 5.41 Å². The summed E-state index contributed by atoms with van der Waals surface area (Å²) in [6.07, 6.45) is 0. The molecule has 3 heteroatoms. The van der Waals surface area contributed by atoms with Crippen LogP contribution in [0.25, 0.3) is 84.9 Å². The number of thiophene rings is 2. The molecule has 0 radical (unpaired) electrons. The Labute approximate surface area is 415 Å². The molecule has 0 atom stereocenters. The molecular weight excluding hydrogens is 883 g/mol. The summed E-state index contributed by atoms with van der Waals surface area (Å²) in [4.78, 5) is 2.43. The Bertz CT molecular complexity index is 4070. The Balaban J connectivity index is 0.898. The number of fused-ring (bicyclic) bond motifs is 9. The van der Waals surface area contributed by atoms with E-state index in [1.165, 1.54) is 107 Å². The molecule has 0 saturated carbocycles. The average molecular weight is 926 g/mol.